The number of aliphatic hydroxyl groups excluding tert-OH is 1. The summed E-state index contributed by atoms with van der Waals surface area (Å²) in [7, 11) is 1.45. The number of carbonyl (C=O) groups is 1. The minimum Gasteiger partial charge on any atom is -0.504 e. The normalized spacial score (nSPS) is 12.7. The molecule has 0 aromatic heterocycles. The summed E-state index contributed by atoms with van der Waals surface area (Å²) >= 11 is 0. The Kier molecular flexibility index (Phi) is 11.5. The molecule has 0 heterocycles. The highest BCUT2D eigenvalue weighted by atomic mass is 16.5. The Hall–Kier alpha value is -1.97. The first-order valence-corrected chi connectivity index (χ1v) is 8.09. The molecule has 0 aromatic carbocycles. The Balaban J connectivity index is 3.94. The van der Waals surface area contributed by atoms with Gasteiger partial charge in [-0.25, -0.2) is 0 Å². The van der Waals surface area contributed by atoms with Crippen LogP contribution in [0.4, 0.5) is 0 Å². The molecule has 2 N–H and O–H groups in total. The van der Waals surface area contributed by atoms with E-state index in [9.17, 15) is 9.90 Å². The van der Waals surface area contributed by atoms with Gasteiger partial charge in [0.05, 0.1) is 7.11 Å². The molecule has 4 heteroatoms. The highest BCUT2D eigenvalue weighted by Gasteiger charge is 2.01. The van der Waals surface area contributed by atoms with Gasteiger partial charge in [-0.1, -0.05) is 44.2 Å². The van der Waals surface area contributed by atoms with Crippen LogP contribution in [0.2, 0.25) is 0 Å². The fourth-order valence-corrected chi connectivity index (χ4v) is 1.72. The summed E-state index contributed by atoms with van der Waals surface area (Å²) in [6.07, 6.45) is 11.1. The predicted molar refractivity (Wildman–Crippen MR) is 96.1 cm³/mol. The number of amides is 1. The average Bonchev–Trinajstić information content (AvgIpc) is 2.52. The summed E-state index contributed by atoms with van der Waals surface area (Å²) in [6.45, 7) is 10.2. The van der Waals surface area contributed by atoms with Crippen molar-refractivity contribution >= 4 is 5.91 Å². The first-order chi connectivity index (χ1) is 10.9. The fourth-order valence-electron chi connectivity index (χ4n) is 1.72. The molecular weight excluding hydrogens is 290 g/mol. The molecule has 0 fully saturated rings. The van der Waals surface area contributed by atoms with Crippen LogP contribution in [0.3, 0.4) is 0 Å². The first-order valence-electron chi connectivity index (χ1n) is 8.09. The number of aliphatic hydroxyl groups is 1. The molecule has 0 unspecified atom stereocenters. The second-order valence-electron chi connectivity index (χ2n) is 5.89. The lowest BCUT2D eigenvalue weighted by molar-refractivity contribution is -0.121. The number of rotatable bonds is 11. The SMILES string of the molecule is C=C(OC)/C(O)=C\C=C(/C)CNC(=O)CCCC/C=C/C(C)C. The molecule has 0 aliphatic heterocycles. The fraction of sp³-hybridized carbons (Fsp3) is 0.526. The molecule has 130 valence electrons. The number of nitrogens with one attached hydrogen (secondary N) is 1. The first kappa shape index (κ1) is 21.0. The van der Waals surface area contributed by atoms with Crippen LogP contribution in [-0.4, -0.2) is 24.7 Å². The maximum Gasteiger partial charge on any atom is 0.220 e. The lowest BCUT2D eigenvalue weighted by atomic mass is 10.1. The molecule has 0 saturated carbocycles. The van der Waals surface area contributed by atoms with E-state index in [0.717, 1.165) is 24.8 Å². The smallest absolute Gasteiger partial charge is 0.220 e. The zero-order valence-electron chi connectivity index (χ0n) is 14.9. The number of unbranched alkanes of at least 4 members (excludes halogenated alkanes) is 2. The quantitative estimate of drug-likeness (QED) is 0.256. The van der Waals surface area contributed by atoms with E-state index in [1.165, 1.54) is 13.2 Å². The maximum absolute atomic E-state index is 11.7. The van der Waals surface area contributed by atoms with E-state index in [4.69, 9.17) is 4.74 Å². The van der Waals surface area contributed by atoms with Gasteiger partial charge < -0.3 is 15.2 Å². The van der Waals surface area contributed by atoms with E-state index in [0.29, 0.717) is 18.9 Å². The van der Waals surface area contributed by atoms with Crippen LogP contribution >= 0.6 is 0 Å². The molecule has 23 heavy (non-hydrogen) atoms. The van der Waals surface area contributed by atoms with E-state index in [2.05, 4.69) is 37.9 Å². The van der Waals surface area contributed by atoms with Gasteiger partial charge in [-0.3, -0.25) is 4.79 Å². The molecule has 0 spiro atoms. The van der Waals surface area contributed by atoms with Gasteiger partial charge in [0.1, 0.15) is 0 Å². The van der Waals surface area contributed by atoms with E-state index in [-0.39, 0.29) is 17.4 Å². The molecule has 0 radical (unpaired) electrons. The topological polar surface area (TPSA) is 58.6 Å². The Labute approximate surface area is 140 Å². The number of methoxy groups -OCH3 is 1. The molecule has 0 bridgehead atoms. The Morgan fingerprint density at radius 2 is 2.00 bits per heavy atom. The zero-order valence-corrected chi connectivity index (χ0v) is 14.9. The highest BCUT2D eigenvalue weighted by Crippen LogP contribution is 2.06. The van der Waals surface area contributed by atoms with Gasteiger partial charge in [0, 0.05) is 13.0 Å². The maximum atomic E-state index is 11.7. The van der Waals surface area contributed by atoms with E-state index in [1.54, 1.807) is 6.08 Å². The van der Waals surface area contributed by atoms with Gasteiger partial charge in [0.2, 0.25) is 5.91 Å². The Bertz CT molecular complexity index is 459. The number of allylic oxidation sites excluding steroid dienone is 4. The molecule has 0 aromatic rings. The zero-order chi connectivity index (χ0) is 17.7. The van der Waals surface area contributed by atoms with Crippen molar-refractivity contribution in [1.29, 1.82) is 0 Å². The van der Waals surface area contributed by atoms with Crippen LogP contribution < -0.4 is 5.32 Å². The van der Waals surface area contributed by atoms with Crippen molar-refractivity contribution in [1.82, 2.24) is 5.32 Å². The Morgan fingerprint density at radius 1 is 1.30 bits per heavy atom. The standard InChI is InChI=1S/C19H31NO3/c1-15(2)10-8-6-7-9-11-19(22)20-14-16(3)12-13-18(21)17(4)23-5/h8,10,12-13,15,21H,4,6-7,9,11,14H2,1-3,5H3,(H,20,22)/b10-8+,16-12+,18-13+. The second-order valence-corrected chi connectivity index (χ2v) is 5.89. The van der Waals surface area contributed by atoms with Crippen LogP contribution in [-0.2, 0) is 9.53 Å². The van der Waals surface area contributed by atoms with Crippen molar-refractivity contribution in [2.75, 3.05) is 13.7 Å². The third-order valence-corrected chi connectivity index (χ3v) is 3.17. The summed E-state index contributed by atoms with van der Waals surface area (Å²) in [6, 6.07) is 0. The number of ether oxygens (including phenoxy) is 1. The third kappa shape index (κ3) is 12.3. The van der Waals surface area contributed by atoms with E-state index < -0.39 is 0 Å². The number of carbonyl (C=O) groups excluding carboxylic acids is 1. The van der Waals surface area contributed by atoms with Crippen molar-refractivity contribution < 1.29 is 14.6 Å². The molecule has 1 amide bonds. The largest absolute Gasteiger partial charge is 0.504 e. The van der Waals surface area contributed by atoms with Crippen LogP contribution in [0.5, 0.6) is 0 Å². The molecule has 0 aliphatic rings. The summed E-state index contributed by atoms with van der Waals surface area (Å²) < 4.78 is 4.81. The minimum absolute atomic E-state index is 0.0207. The molecule has 0 rings (SSSR count). The monoisotopic (exact) mass is 321 g/mol. The average molecular weight is 321 g/mol. The van der Waals surface area contributed by atoms with Gasteiger partial charge >= 0.3 is 0 Å². The van der Waals surface area contributed by atoms with Crippen LogP contribution in [0.15, 0.2) is 48.0 Å². The van der Waals surface area contributed by atoms with Gasteiger partial charge in [0.15, 0.2) is 11.5 Å². The molecule has 0 saturated heterocycles. The van der Waals surface area contributed by atoms with Crippen LogP contribution in [0.1, 0.15) is 46.5 Å². The van der Waals surface area contributed by atoms with E-state index >= 15 is 0 Å². The van der Waals surface area contributed by atoms with E-state index in [1.807, 2.05) is 6.92 Å². The highest BCUT2D eigenvalue weighted by molar-refractivity contribution is 5.76. The number of hydrogen-bond acceptors (Lipinski definition) is 3. The van der Waals surface area contributed by atoms with Crippen molar-refractivity contribution in [3.8, 4) is 0 Å². The van der Waals surface area contributed by atoms with Crippen molar-refractivity contribution in [3.63, 3.8) is 0 Å². The lowest BCUT2D eigenvalue weighted by Gasteiger charge is -2.05. The third-order valence-electron chi connectivity index (χ3n) is 3.17. The summed E-state index contributed by atoms with van der Waals surface area (Å²) in [5, 5.41) is 12.4. The summed E-state index contributed by atoms with van der Waals surface area (Å²) in [4.78, 5) is 11.7. The summed E-state index contributed by atoms with van der Waals surface area (Å²) in [5.41, 5.74) is 0.939. The minimum atomic E-state index is -0.0207. The molecule has 0 atom stereocenters. The van der Waals surface area contributed by atoms with Gasteiger partial charge in [-0.05, 0) is 38.2 Å². The lowest BCUT2D eigenvalue weighted by Crippen LogP contribution is -2.24. The van der Waals surface area contributed by atoms with Gasteiger partial charge in [-0.2, -0.15) is 0 Å². The van der Waals surface area contributed by atoms with Crippen LogP contribution in [0, 0.1) is 5.92 Å². The summed E-state index contributed by atoms with van der Waals surface area (Å²) in [5.74, 6) is 0.833. The van der Waals surface area contributed by atoms with Gasteiger partial charge in [0.25, 0.3) is 0 Å². The van der Waals surface area contributed by atoms with Crippen LogP contribution in [0.25, 0.3) is 0 Å². The van der Waals surface area contributed by atoms with Crippen molar-refractivity contribution in [2.24, 2.45) is 5.92 Å². The second kappa shape index (κ2) is 12.6. The van der Waals surface area contributed by atoms with Crippen molar-refractivity contribution in [3.05, 3.63) is 48.0 Å². The Morgan fingerprint density at radius 3 is 2.61 bits per heavy atom. The van der Waals surface area contributed by atoms with Gasteiger partial charge in [-0.15, -0.1) is 0 Å². The number of hydrogen-bond donors (Lipinski definition) is 2. The molecule has 0 aliphatic carbocycles. The molecular formula is C19H31NO3. The molecule has 4 nitrogen and oxygen atoms in total. The predicted octanol–water partition coefficient (Wildman–Crippen LogP) is 4.42. The van der Waals surface area contributed by atoms with Crippen molar-refractivity contribution in [2.45, 2.75) is 46.5 Å².